The number of carbonyl (C=O) groups is 2. The smallest absolute Gasteiger partial charge is 0.456 e. The van der Waals surface area contributed by atoms with Gasteiger partial charge in [-0.25, -0.2) is 4.57 Å². The number of hydrogen-bond donors (Lipinski definition) is 2. The second-order valence-electron chi connectivity index (χ2n) is 24.7. The van der Waals surface area contributed by atoms with Gasteiger partial charge in [-0.1, -0.05) is 283 Å². The predicted octanol–water partition coefficient (Wildman–Crippen LogP) is 22.8. The van der Waals surface area contributed by atoms with Gasteiger partial charge in [0.2, 0.25) is 5.91 Å². The zero-order valence-corrected chi connectivity index (χ0v) is 57.9. The van der Waals surface area contributed by atoms with E-state index in [1.54, 1.807) is 0 Å². The summed E-state index contributed by atoms with van der Waals surface area (Å²) < 4.78 is 30.8. The van der Waals surface area contributed by atoms with Crippen LogP contribution in [-0.2, 0) is 27.9 Å². The zero-order valence-electron chi connectivity index (χ0n) is 57.0. The van der Waals surface area contributed by atoms with E-state index in [1.165, 1.54) is 103 Å². The lowest BCUT2D eigenvalue weighted by Crippen LogP contribution is -2.47. The number of ether oxygens (including phenoxy) is 1. The number of amides is 1. The molecule has 0 aromatic carbocycles. The Balaban J connectivity index is 5.21. The van der Waals surface area contributed by atoms with Crippen LogP contribution in [-0.4, -0.2) is 74.3 Å². The summed E-state index contributed by atoms with van der Waals surface area (Å²) in [6.45, 7) is 6.86. The zero-order chi connectivity index (χ0) is 63.5. The molecule has 0 aliphatic heterocycles. The average molecular weight is 1230 g/mol. The van der Waals surface area contributed by atoms with E-state index >= 15 is 0 Å². The number of esters is 1. The number of likely N-dealkylation sites (N-methyl/N-ethyl adjacent to an activating group) is 1. The maximum Gasteiger partial charge on any atom is 0.472 e. The number of unbranched alkanes of at least 4 members (excludes halogenated alkanes) is 27. The SMILES string of the molecule is CC/C=C\C/C=C\C/C=C\C/C=C\C/C=C\C/C=C\CCCCCCCCC(=O)OC(/C=C/CCCCCCCCCCCCC)C(COP(=O)(O)OCC[N+](C)(C)C)NC(=O)CCCCCCCCC/C=C\C/C=C\C/C=C\C/C=C\CCCCC. The molecule has 0 spiro atoms. The first-order valence-corrected chi connectivity index (χ1v) is 37.0. The summed E-state index contributed by atoms with van der Waals surface area (Å²) >= 11 is 0. The van der Waals surface area contributed by atoms with E-state index < -0.39 is 20.0 Å². The highest BCUT2D eigenvalue weighted by Gasteiger charge is 2.30. The van der Waals surface area contributed by atoms with Crippen molar-refractivity contribution in [2.75, 3.05) is 40.9 Å². The van der Waals surface area contributed by atoms with Gasteiger partial charge in [-0.3, -0.25) is 18.6 Å². The first-order valence-electron chi connectivity index (χ1n) is 35.5. The van der Waals surface area contributed by atoms with Crippen LogP contribution in [0.25, 0.3) is 0 Å². The molecule has 0 saturated carbocycles. The minimum absolute atomic E-state index is 0.0282. The fourth-order valence-electron chi connectivity index (χ4n) is 9.63. The number of carbonyl (C=O) groups excluding carboxylic acids is 2. The second kappa shape index (κ2) is 65.1. The van der Waals surface area contributed by atoms with Gasteiger partial charge >= 0.3 is 13.8 Å². The summed E-state index contributed by atoms with van der Waals surface area (Å²) in [4.78, 5) is 37.9. The second-order valence-corrected chi connectivity index (χ2v) is 26.1. The number of nitrogens with one attached hydrogen (secondary N) is 1. The van der Waals surface area contributed by atoms with E-state index in [-0.39, 0.29) is 31.5 Å². The van der Waals surface area contributed by atoms with Crippen LogP contribution in [0.15, 0.2) is 134 Å². The summed E-state index contributed by atoms with van der Waals surface area (Å²) in [6, 6.07) is -0.872. The van der Waals surface area contributed by atoms with Crippen LogP contribution in [0.3, 0.4) is 0 Å². The Kier molecular flexibility index (Phi) is 62.2. The monoisotopic (exact) mass is 1230 g/mol. The number of quaternary nitrogens is 1. The van der Waals surface area contributed by atoms with Crippen molar-refractivity contribution in [2.24, 2.45) is 0 Å². The van der Waals surface area contributed by atoms with Gasteiger partial charge in [0.15, 0.2) is 0 Å². The molecule has 0 aromatic rings. The molecule has 9 nitrogen and oxygen atoms in total. The lowest BCUT2D eigenvalue weighted by atomic mass is 10.0. The minimum Gasteiger partial charge on any atom is -0.456 e. The third-order valence-electron chi connectivity index (χ3n) is 15.1. The highest BCUT2D eigenvalue weighted by atomic mass is 31.2. The fraction of sp³-hybridized carbons (Fsp3) is 0.688. The largest absolute Gasteiger partial charge is 0.472 e. The van der Waals surface area contributed by atoms with Crippen LogP contribution in [0, 0.1) is 0 Å². The minimum atomic E-state index is -4.47. The molecule has 3 atom stereocenters. The summed E-state index contributed by atoms with van der Waals surface area (Å²) in [5.74, 6) is -0.538. The van der Waals surface area contributed by atoms with Gasteiger partial charge in [-0.15, -0.1) is 0 Å². The fourth-order valence-corrected chi connectivity index (χ4v) is 10.4. The molecular formula is C77H134N2O7P+. The Morgan fingerprint density at radius 2 is 0.736 bits per heavy atom. The van der Waals surface area contributed by atoms with Crippen molar-refractivity contribution in [3.63, 3.8) is 0 Å². The molecular weight excluding hydrogens is 1100 g/mol. The van der Waals surface area contributed by atoms with Gasteiger partial charge in [-0.2, -0.15) is 0 Å². The van der Waals surface area contributed by atoms with Gasteiger partial charge in [0.05, 0.1) is 33.8 Å². The highest BCUT2D eigenvalue weighted by molar-refractivity contribution is 7.47. The summed E-state index contributed by atoms with van der Waals surface area (Å²) in [6.07, 6.45) is 93.1. The molecule has 87 heavy (non-hydrogen) atoms. The summed E-state index contributed by atoms with van der Waals surface area (Å²) in [5.41, 5.74) is 0. The molecule has 0 saturated heterocycles. The van der Waals surface area contributed by atoms with Gasteiger partial charge < -0.3 is 19.4 Å². The van der Waals surface area contributed by atoms with Crippen LogP contribution in [0.5, 0.6) is 0 Å². The molecule has 0 bridgehead atoms. The molecule has 3 unspecified atom stereocenters. The first kappa shape index (κ1) is 83.2. The summed E-state index contributed by atoms with van der Waals surface area (Å²) in [7, 11) is 1.46. The standard InChI is InChI=1S/C77H133N2O7P/c1-7-10-13-16-19-22-25-28-30-32-34-36-38-39-41-43-45-47-49-52-55-58-61-64-67-70-77(81)86-75(68-65-62-59-56-53-50-27-24-21-18-15-12-9-3)74(73-85-87(82,83)84-72-71-79(4,5)6)78-76(80)69-66-63-60-57-54-51-48-46-44-42-40-37-35-33-31-29-26-23-20-17-14-11-8-2/h10,13,19-20,22-23,28-31,34-37,39,41-42,44-45,47,65,68,74-75H,7-9,11-12,14-18,21,24-27,32-33,38,40,43,46,48-64,66-67,69-73H2,1-6H3,(H-,78,80,82,83)/p+1/b13-10-,22-19-,23-20-,30-28-,31-29-,36-34-,37-35-,41-39-,44-42-,47-45-,68-65+. The van der Waals surface area contributed by atoms with Crippen molar-refractivity contribution in [3.05, 3.63) is 134 Å². The lowest BCUT2D eigenvalue weighted by Gasteiger charge is -2.27. The van der Waals surface area contributed by atoms with Crippen molar-refractivity contribution in [3.8, 4) is 0 Å². The highest BCUT2D eigenvalue weighted by Crippen LogP contribution is 2.43. The molecule has 0 rings (SSSR count). The van der Waals surface area contributed by atoms with Gasteiger partial charge in [0.25, 0.3) is 0 Å². The maximum atomic E-state index is 13.6. The van der Waals surface area contributed by atoms with Crippen molar-refractivity contribution in [1.82, 2.24) is 5.32 Å². The Morgan fingerprint density at radius 1 is 0.414 bits per heavy atom. The van der Waals surface area contributed by atoms with Crippen LogP contribution in [0.2, 0.25) is 0 Å². The van der Waals surface area contributed by atoms with E-state index in [0.717, 1.165) is 148 Å². The van der Waals surface area contributed by atoms with Gasteiger partial charge in [0.1, 0.15) is 19.3 Å². The van der Waals surface area contributed by atoms with Gasteiger partial charge in [0, 0.05) is 12.8 Å². The van der Waals surface area contributed by atoms with Crippen molar-refractivity contribution in [2.45, 2.75) is 303 Å². The topological polar surface area (TPSA) is 111 Å². The molecule has 498 valence electrons. The van der Waals surface area contributed by atoms with E-state index in [2.05, 4.69) is 148 Å². The maximum absolute atomic E-state index is 13.6. The van der Waals surface area contributed by atoms with E-state index in [9.17, 15) is 19.0 Å². The molecule has 0 radical (unpaired) electrons. The molecule has 0 fully saturated rings. The molecule has 0 aliphatic carbocycles. The number of phosphoric ester groups is 1. The van der Waals surface area contributed by atoms with Gasteiger partial charge in [-0.05, 0) is 128 Å². The van der Waals surface area contributed by atoms with Crippen molar-refractivity contribution >= 4 is 19.7 Å². The number of allylic oxidation sites excluding steroid dienone is 21. The Hall–Kier alpha value is -3.85. The molecule has 2 N–H and O–H groups in total. The first-order chi connectivity index (χ1) is 42.4. The number of rotatable bonds is 63. The Labute approximate surface area is 536 Å². The average Bonchev–Trinajstić information content (AvgIpc) is 3.70. The quantitative estimate of drug-likeness (QED) is 0.0205. The van der Waals surface area contributed by atoms with Crippen LogP contribution >= 0.6 is 7.82 Å². The molecule has 0 aliphatic rings. The van der Waals surface area contributed by atoms with Crippen molar-refractivity contribution in [1.29, 1.82) is 0 Å². The van der Waals surface area contributed by atoms with Crippen LogP contribution in [0.1, 0.15) is 290 Å². The predicted molar refractivity (Wildman–Crippen MR) is 378 cm³/mol. The van der Waals surface area contributed by atoms with Crippen LogP contribution in [0.4, 0.5) is 0 Å². The third-order valence-corrected chi connectivity index (χ3v) is 16.1. The normalized spacial score (nSPS) is 14.3. The Morgan fingerprint density at radius 3 is 1.13 bits per heavy atom. The molecule has 0 heterocycles. The third kappa shape index (κ3) is 66.4. The van der Waals surface area contributed by atoms with Crippen LogP contribution < -0.4 is 5.32 Å². The van der Waals surface area contributed by atoms with E-state index in [4.69, 9.17) is 13.8 Å². The van der Waals surface area contributed by atoms with E-state index in [0.29, 0.717) is 23.9 Å². The summed E-state index contributed by atoms with van der Waals surface area (Å²) in [5, 5.41) is 3.06. The number of phosphoric acid groups is 1. The molecule has 0 aromatic heterocycles. The van der Waals surface area contributed by atoms with E-state index in [1.807, 2.05) is 33.3 Å². The molecule has 1 amide bonds. The number of hydrogen-bond acceptors (Lipinski definition) is 6. The number of nitrogens with zero attached hydrogens (tertiary/aromatic N) is 1. The lowest BCUT2D eigenvalue weighted by molar-refractivity contribution is -0.870. The molecule has 10 heteroatoms. The van der Waals surface area contributed by atoms with Crippen molar-refractivity contribution < 1.29 is 37.3 Å². The Bertz CT molecular complexity index is 1950.